The number of pyridine rings is 1. The van der Waals surface area contributed by atoms with E-state index in [-0.39, 0.29) is 5.41 Å². The molecule has 0 aliphatic carbocycles. The van der Waals surface area contributed by atoms with Gasteiger partial charge >= 0.3 is 0 Å². The minimum absolute atomic E-state index is 0.0138. The maximum Gasteiger partial charge on any atom is 0.218 e. The highest BCUT2D eigenvalue weighted by molar-refractivity contribution is 5.92. The number of benzene rings is 2. The van der Waals surface area contributed by atoms with Crippen LogP contribution in [-0.2, 0) is 10.2 Å². The molecule has 0 atom stereocenters. The van der Waals surface area contributed by atoms with Gasteiger partial charge in [0.25, 0.3) is 0 Å². The smallest absolute Gasteiger partial charge is 0.218 e. The number of nitrogens with one attached hydrogen (secondary N) is 2. The summed E-state index contributed by atoms with van der Waals surface area (Å²) >= 11 is 0. The van der Waals surface area contributed by atoms with Crippen molar-refractivity contribution in [3.8, 4) is 0 Å². The van der Waals surface area contributed by atoms with E-state index in [0.717, 1.165) is 34.3 Å². The molecule has 2 N–H and O–H groups in total. The number of aromatic amines is 1. The first-order valence-electron chi connectivity index (χ1n) is 9.46. The maximum atomic E-state index is 12.1. The van der Waals surface area contributed by atoms with Gasteiger partial charge in [-0.3, -0.25) is 14.8 Å². The molecule has 0 spiro atoms. The number of aromatic nitrogens is 3. The summed E-state index contributed by atoms with van der Waals surface area (Å²) in [5.41, 5.74) is 4.41. The zero-order valence-corrected chi connectivity index (χ0v) is 16.7. The first-order valence-corrected chi connectivity index (χ1v) is 9.46. The van der Waals surface area contributed by atoms with Crippen molar-refractivity contribution in [1.82, 2.24) is 15.2 Å². The molecule has 0 radical (unpaired) electrons. The van der Waals surface area contributed by atoms with Crippen LogP contribution in [0.15, 0.2) is 67.0 Å². The molecule has 0 aliphatic heterocycles. The molecule has 1 amide bonds. The zero-order valence-electron chi connectivity index (χ0n) is 16.7. The number of carbonyl (C=O) groups is 1. The van der Waals surface area contributed by atoms with E-state index >= 15 is 0 Å². The fraction of sp³-hybridized carbons (Fsp3) is 0.174. The minimum atomic E-state index is -0.0138. The molecule has 6 nitrogen and oxygen atoms in total. The monoisotopic (exact) mass is 385 g/mol. The van der Waals surface area contributed by atoms with Crippen molar-refractivity contribution in [2.24, 2.45) is 0 Å². The van der Waals surface area contributed by atoms with Crippen LogP contribution in [0.2, 0.25) is 0 Å². The number of anilines is 4. The molecule has 0 bridgehead atoms. The second-order valence-corrected chi connectivity index (χ2v) is 7.94. The third-order valence-electron chi connectivity index (χ3n) is 4.85. The molecule has 2 heterocycles. The van der Waals surface area contributed by atoms with Crippen LogP contribution in [0.5, 0.6) is 0 Å². The van der Waals surface area contributed by atoms with E-state index in [4.69, 9.17) is 0 Å². The van der Waals surface area contributed by atoms with Crippen LogP contribution >= 0.6 is 0 Å². The lowest BCUT2D eigenvalue weighted by atomic mass is 9.87. The maximum absolute atomic E-state index is 12.1. The van der Waals surface area contributed by atoms with E-state index in [2.05, 4.69) is 47.3 Å². The number of hydrogen-bond acceptors (Lipinski definition) is 4. The molecule has 4 rings (SSSR count). The van der Waals surface area contributed by atoms with Crippen molar-refractivity contribution in [3.63, 3.8) is 0 Å². The van der Waals surface area contributed by atoms with Gasteiger partial charge in [0, 0.05) is 23.0 Å². The van der Waals surface area contributed by atoms with Gasteiger partial charge in [-0.25, -0.2) is 4.98 Å². The van der Waals surface area contributed by atoms with Gasteiger partial charge in [-0.05, 0) is 53.4 Å². The van der Waals surface area contributed by atoms with Gasteiger partial charge in [0.2, 0.25) is 6.41 Å². The fourth-order valence-electron chi connectivity index (χ4n) is 3.22. The summed E-state index contributed by atoms with van der Waals surface area (Å²) in [6.45, 7) is 6.46. The van der Waals surface area contributed by atoms with Crippen LogP contribution in [0.4, 0.5) is 22.9 Å². The Morgan fingerprint density at radius 3 is 2.72 bits per heavy atom. The van der Waals surface area contributed by atoms with Crippen molar-refractivity contribution < 1.29 is 4.79 Å². The highest BCUT2D eigenvalue weighted by atomic mass is 16.1. The lowest BCUT2D eigenvalue weighted by Crippen LogP contribution is -2.18. The summed E-state index contributed by atoms with van der Waals surface area (Å²) in [6, 6.07) is 17.6. The van der Waals surface area contributed by atoms with Crippen LogP contribution in [0.25, 0.3) is 10.9 Å². The Kier molecular flexibility index (Phi) is 4.76. The third kappa shape index (κ3) is 3.82. The van der Waals surface area contributed by atoms with Gasteiger partial charge < -0.3 is 5.32 Å². The van der Waals surface area contributed by atoms with E-state index in [1.54, 1.807) is 17.3 Å². The average Bonchev–Trinajstić information content (AvgIpc) is 3.17. The Morgan fingerprint density at radius 1 is 1.07 bits per heavy atom. The highest BCUT2D eigenvalue weighted by Gasteiger charge is 2.18. The van der Waals surface area contributed by atoms with E-state index < -0.39 is 0 Å². The molecule has 146 valence electrons. The van der Waals surface area contributed by atoms with Crippen LogP contribution in [-0.4, -0.2) is 21.6 Å². The van der Waals surface area contributed by atoms with Gasteiger partial charge in [0.15, 0.2) is 5.82 Å². The lowest BCUT2D eigenvalue weighted by Gasteiger charge is -2.24. The van der Waals surface area contributed by atoms with Gasteiger partial charge in [-0.15, -0.1) is 0 Å². The van der Waals surface area contributed by atoms with E-state index in [0.29, 0.717) is 11.5 Å². The van der Waals surface area contributed by atoms with Crippen molar-refractivity contribution in [1.29, 1.82) is 0 Å². The average molecular weight is 385 g/mol. The fourth-order valence-corrected chi connectivity index (χ4v) is 3.22. The molecule has 4 aromatic rings. The van der Waals surface area contributed by atoms with Gasteiger partial charge in [0.05, 0.1) is 17.4 Å². The van der Waals surface area contributed by atoms with Crippen molar-refractivity contribution in [2.75, 3.05) is 10.2 Å². The Labute approximate surface area is 169 Å². The van der Waals surface area contributed by atoms with Crippen LogP contribution in [0.3, 0.4) is 0 Å². The molecule has 0 fully saturated rings. The molecule has 0 unspecified atom stereocenters. The van der Waals surface area contributed by atoms with Crippen molar-refractivity contribution in [3.05, 3.63) is 72.6 Å². The number of amides is 1. The summed E-state index contributed by atoms with van der Waals surface area (Å²) in [7, 11) is 0. The first-order chi connectivity index (χ1) is 14.0. The molecular formula is C23H23N5O. The molecule has 0 aliphatic rings. The molecule has 2 aromatic carbocycles. The number of nitrogens with zero attached hydrogens (tertiary/aromatic N) is 3. The first kappa shape index (κ1) is 18.7. The van der Waals surface area contributed by atoms with Gasteiger partial charge in [-0.2, -0.15) is 5.10 Å². The van der Waals surface area contributed by atoms with Crippen LogP contribution in [0, 0.1) is 0 Å². The minimum Gasteiger partial charge on any atom is -0.338 e. The standard InChI is InChI=1S/C23H23N5O/c1-23(2,3)17-6-4-7-19(12-17)28(15-29)21-8-5-11-24-22(21)26-18-10-9-16-14-25-27-20(16)13-18/h4-15H,1-3H3,(H,24,26)(H,25,27). The summed E-state index contributed by atoms with van der Waals surface area (Å²) in [5, 5.41) is 11.4. The number of H-pyrrole nitrogens is 1. The number of fused-ring (bicyclic) bond motifs is 1. The lowest BCUT2D eigenvalue weighted by molar-refractivity contribution is -0.106. The Bertz CT molecular complexity index is 1160. The summed E-state index contributed by atoms with van der Waals surface area (Å²) < 4.78 is 0. The number of rotatable bonds is 5. The van der Waals surface area contributed by atoms with Crippen molar-refractivity contribution in [2.45, 2.75) is 26.2 Å². The Morgan fingerprint density at radius 2 is 1.93 bits per heavy atom. The molecule has 0 saturated heterocycles. The zero-order chi connectivity index (χ0) is 20.4. The molecular weight excluding hydrogens is 362 g/mol. The van der Waals surface area contributed by atoms with Gasteiger partial charge in [-0.1, -0.05) is 32.9 Å². The quantitative estimate of drug-likeness (QED) is 0.458. The van der Waals surface area contributed by atoms with Crippen LogP contribution in [0.1, 0.15) is 26.3 Å². The van der Waals surface area contributed by atoms with E-state index in [9.17, 15) is 4.79 Å². The largest absolute Gasteiger partial charge is 0.338 e. The molecule has 6 heteroatoms. The predicted octanol–water partition coefficient (Wildman–Crippen LogP) is 5.29. The highest BCUT2D eigenvalue weighted by Crippen LogP contribution is 2.34. The molecule has 0 saturated carbocycles. The molecule has 2 aromatic heterocycles. The number of carbonyl (C=O) groups excluding carboxylic acids is 1. The third-order valence-corrected chi connectivity index (χ3v) is 4.85. The summed E-state index contributed by atoms with van der Waals surface area (Å²) in [5.74, 6) is 0.597. The molecule has 29 heavy (non-hydrogen) atoms. The van der Waals surface area contributed by atoms with Crippen molar-refractivity contribution >= 4 is 40.2 Å². The van der Waals surface area contributed by atoms with E-state index in [1.807, 2.05) is 48.5 Å². The second kappa shape index (κ2) is 7.39. The number of hydrogen-bond donors (Lipinski definition) is 2. The SMILES string of the molecule is CC(C)(C)c1cccc(N(C=O)c2cccnc2Nc2ccc3cn[nH]c3c2)c1. The second-order valence-electron chi connectivity index (χ2n) is 7.94. The van der Waals surface area contributed by atoms with Crippen LogP contribution < -0.4 is 10.2 Å². The topological polar surface area (TPSA) is 73.9 Å². The summed E-state index contributed by atoms with van der Waals surface area (Å²) in [6.07, 6.45) is 4.30. The Hall–Kier alpha value is -3.67. The van der Waals surface area contributed by atoms with Gasteiger partial charge in [0.1, 0.15) is 0 Å². The summed E-state index contributed by atoms with van der Waals surface area (Å²) in [4.78, 5) is 18.1. The normalized spacial score (nSPS) is 11.4. The van der Waals surface area contributed by atoms with E-state index in [1.165, 1.54) is 0 Å². The predicted molar refractivity (Wildman–Crippen MR) is 117 cm³/mol. The Balaban J connectivity index is 1.72.